The summed E-state index contributed by atoms with van der Waals surface area (Å²) in [7, 11) is 0. The van der Waals surface area contributed by atoms with Gasteiger partial charge in [0.1, 0.15) is 11.1 Å². The lowest BCUT2D eigenvalue weighted by molar-refractivity contribution is -0.130. The molecular formula is C22H23N3O2S. The number of piperidine rings is 1. The van der Waals surface area contributed by atoms with Crippen LogP contribution in [0.4, 0.5) is 5.00 Å². The van der Waals surface area contributed by atoms with E-state index in [-0.39, 0.29) is 17.7 Å². The number of carbonyl (C=O) groups excluding carboxylic acids is 2. The SMILES string of the molecule is Cc1sc(NC(=O)C2CCN(C(=O)/C=C/c3ccccc3)CC2)c(C#N)c1C. The summed E-state index contributed by atoms with van der Waals surface area (Å²) < 4.78 is 0. The molecule has 2 aromatic rings. The van der Waals surface area contributed by atoms with Crippen molar-refractivity contribution in [2.45, 2.75) is 26.7 Å². The Balaban J connectivity index is 1.54. The van der Waals surface area contributed by atoms with Gasteiger partial charge in [-0.25, -0.2) is 0 Å². The summed E-state index contributed by atoms with van der Waals surface area (Å²) in [5, 5.41) is 12.9. The van der Waals surface area contributed by atoms with Gasteiger partial charge in [0.15, 0.2) is 0 Å². The zero-order valence-corrected chi connectivity index (χ0v) is 16.9. The molecule has 0 radical (unpaired) electrons. The van der Waals surface area contributed by atoms with E-state index in [0.717, 1.165) is 16.0 Å². The molecule has 0 aliphatic carbocycles. The predicted molar refractivity (Wildman–Crippen MR) is 112 cm³/mol. The van der Waals surface area contributed by atoms with E-state index in [1.165, 1.54) is 11.3 Å². The fourth-order valence-corrected chi connectivity index (χ4v) is 4.28. The van der Waals surface area contributed by atoms with Crippen molar-refractivity contribution >= 4 is 34.2 Å². The topological polar surface area (TPSA) is 73.2 Å². The monoisotopic (exact) mass is 393 g/mol. The molecule has 5 nitrogen and oxygen atoms in total. The molecule has 2 heterocycles. The van der Waals surface area contributed by atoms with Gasteiger partial charge < -0.3 is 10.2 Å². The quantitative estimate of drug-likeness (QED) is 0.794. The van der Waals surface area contributed by atoms with E-state index in [1.54, 1.807) is 11.0 Å². The van der Waals surface area contributed by atoms with Gasteiger partial charge in [0, 0.05) is 30.0 Å². The molecule has 1 saturated heterocycles. The van der Waals surface area contributed by atoms with E-state index in [1.807, 2.05) is 50.3 Å². The zero-order valence-electron chi connectivity index (χ0n) is 16.1. The van der Waals surface area contributed by atoms with Gasteiger partial charge in [-0.3, -0.25) is 9.59 Å². The number of amides is 2. The Morgan fingerprint density at radius 1 is 1.21 bits per heavy atom. The number of thiophene rings is 1. The van der Waals surface area contributed by atoms with Crippen molar-refractivity contribution in [3.05, 3.63) is 58.0 Å². The van der Waals surface area contributed by atoms with Crippen molar-refractivity contribution in [2.75, 3.05) is 18.4 Å². The Morgan fingerprint density at radius 2 is 1.89 bits per heavy atom. The zero-order chi connectivity index (χ0) is 20.1. The van der Waals surface area contributed by atoms with Crippen molar-refractivity contribution in [1.82, 2.24) is 4.90 Å². The van der Waals surface area contributed by atoms with Gasteiger partial charge in [0.05, 0.1) is 5.56 Å². The van der Waals surface area contributed by atoms with Crippen LogP contribution in [0.25, 0.3) is 6.08 Å². The average Bonchev–Trinajstić information content (AvgIpc) is 2.99. The molecule has 0 atom stereocenters. The number of nitriles is 1. The third kappa shape index (κ3) is 4.49. The summed E-state index contributed by atoms with van der Waals surface area (Å²) in [5.74, 6) is -0.236. The van der Waals surface area contributed by atoms with Crippen LogP contribution in [-0.4, -0.2) is 29.8 Å². The maximum Gasteiger partial charge on any atom is 0.246 e. The van der Waals surface area contributed by atoms with Crippen LogP contribution in [0.3, 0.4) is 0 Å². The van der Waals surface area contributed by atoms with Gasteiger partial charge in [-0.1, -0.05) is 30.3 Å². The lowest BCUT2D eigenvalue weighted by atomic mass is 9.95. The van der Waals surface area contributed by atoms with Crippen molar-refractivity contribution < 1.29 is 9.59 Å². The molecule has 3 rings (SSSR count). The predicted octanol–water partition coefficient (Wildman–Crippen LogP) is 4.13. The Morgan fingerprint density at radius 3 is 2.54 bits per heavy atom. The summed E-state index contributed by atoms with van der Waals surface area (Å²) in [6.07, 6.45) is 4.65. The molecule has 1 aliphatic rings. The molecule has 1 aromatic heterocycles. The smallest absolute Gasteiger partial charge is 0.246 e. The maximum atomic E-state index is 12.6. The fourth-order valence-electron chi connectivity index (χ4n) is 3.26. The lowest BCUT2D eigenvalue weighted by Crippen LogP contribution is -2.40. The minimum Gasteiger partial charge on any atom is -0.339 e. The van der Waals surface area contributed by atoms with Crippen molar-refractivity contribution in [2.24, 2.45) is 5.92 Å². The second kappa shape index (κ2) is 8.85. The number of hydrogen-bond donors (Lipinski definition) is 1. The first-order chi connectivity index (χ1) is 13.5. The van der Waals surface area contributed by atoms with E-state index < -0.39 is 0 Å². The highest BCUT2D eigenvalue weighted by molar-refractivity contribution is 7.16. The second-order valence-electron chi connectivity index (χ2n) is 6.93. The van der Waals surface area contributed by atoms with Crippen LogP contribution in [0, 0.1) is 31.1 Å². The summed E-state index contributed by atoms with van der Waals surface area (Å²) in [6.45, 7) is 4.96. The number of benzene rings is 1. The molecule has 1 fully saturated rings. The molecule has 6 heteroatoms. The first-order valence-corrected chi connectivity index (χ1v) is 10.1. The van der Waals surface area contributed by atoms with Gasteiger partial charge in [-0.15, -0.1) is 11.3 Å². The van der Waals surface area contributed by atoms with Gasteiger partial charge in [-0.2, -0.15) is 5.26 Å². The van der Waals surface area contributed by atoms with Gasteiger partial charge in [0.25, 0.3) is 0 Å². The van der Waals surface area contributed by atoms with Crippen molar-refractivity contribution in [3.8, 4) is 6.07 Å². The molecule has 1 N–H and O–H groups in total. The number of anilines is 1. The normalized spacial score (nSPS) is 14.8. The van der Waals surface area contributed by atoms with E-state index >= 15 is 0 Å². The first-order valence-electron chi connectivity index (χ1n) is 9.32. The van der Waals surface area contributed by atoms with Crippen molar-refractivity contribution in [1.29, 1.82) is 5.26 Å². The minimum absolute atomic E-state index is 0.0287. The highest BCUT2D eigenvalue weighted by Gasteiger charge is 2.27. The summed E-state index contributed by atoms with van der Waals surface area (Å²) >= 11 is 1.44. The van der Waals surface area contributed by atoms with E-state index in [0.29, 0.717) is 36.5 Å². The standard InChI is InChI=1S/C22H23N3O2S/c1-15-16(2)28-22(19(15)14-23)24-21(27)18-10-12-25(13-11-18)20(26)9-8-17-6-4-3-5-7-17/h3-9,18H,10-13H2,1-2H3,(H,24,27)/b9-8+. The highest BCUT2D eigenvalue weighted by atomic mass is 32.1. The molecule has 0 bridgehead atoms. The van der Waals surface area contributed by atoms with E-state index in [2.05, 4.69) is 11.4 Å². The Bertz CT molecular complexity index is 933. The summed E-state index contributed by atoms with van der Waals surface area (Å²) in [5.41, 5.74) is 2.46. The van der Waals surface area contributed by atoms with Crippen LogP contribution in [-0.2, 0) is 9.59 Å². The average molecular weight is 394 g/mol. The number of nitrogens with one attached hydrogen (secondary N) is 1. The fraction of sp³-hybridized carbons (Fsp3) is 0.318. The number of carbonyl (C=O) groups is 2. The largest absolute Gasteiger partial charge is 0.339 e. The van der Waals surface area contributed by atoms with Crippen LogP contribution < -0.4 is 5.32 Å². The highest BCUT2D eigenvalue weighted by Crippen LogP contribution is 2.32. The number of likely N-dealkylation sites (tertiary alicyclic amines) is 1. The van der Waals surface area contributed by atoms with E-state index in [4.69, 9.17) is 0 Å². The number of hydrogen-bond acceptors (Lipinski definition) is 4. The number of nitrogens with zero attached hydrogens (tertiary/aromatic N) is 2. The molecule has 144 valence electrons. The van der Waals surface area contributed by atoms with E-state index in [9.17, 15) is 14.9 Å². The molecule has 0 unspecified atom stereocenters. The molecule has 1 aliphatic heterocycles. The molecule has 28 heavy (non-hydrogen) atoms. The van der Waals surface area contributed by atoms with Crippen LogP contribution >= 0.6 is 11.3 Å². The number of rotatable bonds is 4. The molecule has 0 spiro atoms. The summed E-state index contributed by atoms with van der Waals surface area (Å²) in [6, 6.07) is 11.9. The van der Waals surface area contributed by atoms with Gasteiger partial charge in [-0.05, 0) is 43.9 Å². The lowest BCUT2D eigenvalue weighted by Gasteiger charge is -2.30. The summed E-state index contributed by atoms with van der Waals surface area (Å²) in [4.78, 5) is 27.8. The maximum absolute atomic E-state index is 12.6. The first kappa shape index (κ1) is 19.8. The second-order valence-corrected chi connectivity index (χ2v) is 8.16. The molecule has 0 saturated carbocycles. The van der Waals surface area contributed by atoms with Gasteiger partial charge in [0.2, 0.25) is 11.8 Å². The van der Waals surface area contributed by atoms with Crippen LogP contribution in [0.5, 0.6) is 0 Å². The van der Waals surface area contributed by atoms with Crippen LogP contribution in [0.1, 0.15) is 34.4 Å². The molecule has 2 amide bonds. The third-order valence-electron chi connectivity index (χ3n) is 5.13. The Hall–Kier alpha value is -2.91. The molecular weight excluding hydrogens is 370 g/mol. The van der Waals surface area contributed by atoms with Crippen LogP contribution in [0.2, 0.25) is 0 Å². The van der Waals surface area contributed by atoms with Gasteiger partial charge >= 0.3 is 0 Å². The Kier molecular flexibility index (Phi) is 6.27. The Labute approximate surface area is 169 Å². The molecule has 1 aromatic carbocycles. The van der Waals surface area contributed by atoms with Crippen LogP contribution in [0.15, 0.2) is 36.4 Å². The third-order valence-corrected chi connectivity index (χ3v) is 6.25. The minimum atomic E-state index is -0.142. The number of aryl methyl sites for hydroxylation is 1. The van der Waals surface area contributed by atoms with Crippen molar-refractivity contribution in [3.63, 3.8) is 0 Å².